The molecule has 2 aromatic rings. The summed E-state index contributed by atoms with van der Waals surface area (Å²) in [6.45, 7) is 0. The van der Waals surface area contributed by atoms with Crippen LogP contribution in [0.3, 0.4) is 0 Å². The number of allylic oxidation sites excluding steroid dienone is 2. The summed E-state index contributed by atoms with van der Waals surface area (Å²) in [5, 5.41) is 9.80. The van der Waals surface area contributed by atoms with Gasteiger partial charge in [0, 0.05) is 5.92 Å². The quantitative estimate of drug-likeness (QED) is 0.127. The lowest BCUT2D eigenvalue weighted by Crippen LogP contribution is -2.60. The number of phenolic OH excluding ortho intramolecular Hbond substituents is 1. The minimum Gasteiger partial charge on any atom is -0.505 e. The number of carbonyl (C=O) groups excluding carboxylic acids is 4. The van der Waals surface area contributed by atoms with E-state index < -0.39 is 104 Å². The molecular weight excluding hydrogens is 740 g/mol. The molecule has 7 nitrogen and oxygen atoms in total. The zero-order valence-electron chi connectivity index (χ0n) is 22.7. The standard InChI is InChI=1S/C29H18BrCl2F7N2O5/c30-10-40-24(45)26(31)9-17-15(21(27(26,32)25(40)46)11-1-4-19(42)18(33)5-11)2-3-16-20(17)23(44)41(22(16)43)14-7-12(28(34,35)36)6-13(8-14)29(37,38)39/h1-2,4-8,16-17,20-21,42H,3,9-10H2/t16-,17+,20-,21-,26+,27-/m0/s1. The molecule has 46 heavy (non-hydrogen) atoms. The van der Waals surface area contributed by atoms with Gasteiger partial charge in [0.2, 0.25) is 11.8 Å². The predicted octanol–water partition coefficient (Wildman–Crippen LogP) is 6.48. The number of benzene rings is 2. The lowest BCUT2D eigenvalue weighted by molar-refractivity contribution is -0.143. The highest BCUT2D eigenvalue weighted by Crippen LogP contribution is 2.65. The second-order valence-electron chi connectivity index (χ2n) is 11.5. The minimum atomic E-state index is -5.26. The van der Waals surface area contributed by atoms with E-state index in [9.17, 15) is 55.0 Å². The average molecular weight is 758 g/mol. The molecule has 0 unspecified atom stereocenters. The smallest absolute Gasteiger partial charge is 0.416 e. The molecule has 0 spiro atoms. The minimum absolute atomic E-state index is 0.0244. The van der Waals surface area contributed by atoms with E-state index in [2.05, 4.69) is 15.9 Å². The van der Waals surface area contributed by atoms with Crippen LogP contribution < -0.4 is 4.90 Å². The van der Waals surface area contributed by atoms with E-state index >= 15 is 0 Å². The Morgan fingerprint density at radius 1 is 0.891 bits per heavy atom. The number of hydrogen-bond donors (Lipinski definition) is 1. The Balaban J connectivity index is 1.51. The molecule has 17 heteroatoms. The Hall–Kier alpha value is -3.17. The third-order valence-corrected chi connectivity index (χ3v) is 11.1. The first kappa shape index (κ1) is 32.8. The number of nitrogens with zero attached hydrogens (tertiary/aromatic N) is 2. The number of anilines is 1. The van der Waals surface area contributed by atoms with Gasteiger partial charge in [0.05, 0.1) is 34.1 Å². The van der Waals surface area contributed by atoms with Gasteiger partial charge >= 0.3 is 12.4 Å². The molecule has 6 rings (SSSR count). The number of carbonyl (C=O) groups is 4. The number of halogens is 10. The van der Waals surface area contributed by atoms with Crippen molar-refractivity contribution in [2.45, 2.75) is 40.9 Å². The van der Waals surface area contributed by atoms with Gasteiger partial charge in [0.25, 0.3) is 11.8 Å². The normalized spacial score (nSPS) is 31.2. The number of hydrogen-bond acceptors (Lipinski definition) is 5. The number of imide groups is 2. The summed E-state index contributed by atoms with van der Waals surface area (Å²) < 4.78 is 96.4. The second-order valence-corrected chi connectivity index (χ2v) is 13.2. The van der Waals surface area contributed by atoms with E-state index in [4.69, 9.17) is 23.2 Å². The molecule has 0 radical (unpaired) electrons. The summed E-state index contributed by atoms with van der Waals surface area (Å²) in [4.78, 5) is 51.3. The molecule has 4 amide bonds. The molecule has 2 saturated heterocycles. The lowest BCUT2D eigenvalue weighted by atomic mass is 9.56. The molecule has 1 saturated carbocycles. The van der Waals surface area contributed by atoms with Gasteiger partial charge in [-0.1, -0.05) is 33.6 Å². The summed E-state index contributed by atoms with van der Waals surface area (Å²) in [5.41, 5.74) is -4.61. The number of aromatic hydroxyl groups is 1. The van der Waals surface area contributed by atoms with Crippen LogP contribution in [0.2, 0.25) is 0 Å². The Kier molecular flexibility index (Phi) is 7.42. The van der Waals surface area contributed by atoms with Crippen molar-refractivity contribution in [1.82, 2.24) is 4.90 Å². The van der Waals surface area contributed by atoms with Gasteiger partial charge in [-0.3, -0.25) is 24.1 Å². The third kappa shape index (κ3) is 4.44. The van der Waals surface area contributed by atoms with E-state index in [1.54, 1.807) is 0 Å². The zero-order chi connectivity index (χ0) is 33.9. The van der Waals surface area contributed by atoms with Crippen LogP contribution in [0.1, 0.15) is 35.4 Å². The molecule has 4 aliphatic rings. The average Bonchev–Trinajstić information content (AvgIpc) is 3.31. The van der Waals surface area contributed by atoms with Crippen LogP contribution >= 0.6 is 39.1 Å². The van der Waals surface area contributed by atoms with Gasteiger partial charge in [0.1, 0.15) is 0 Å². The second kappa shape index (κ2) is 10.4. The highest BCUT2D eigenvalue weighted by Gasteiger charge is 2.76. The Morgan fingerprint density at radius 3 is 2.04 bits per heavy atom. The highest BCUT2D eigenvalue weighted by atomic mass is 79.9. The van der Waals surface area contributed by atoms with Crippen LogP contribution in [-0.4, -0.2) is 48.8 Å². The Bertz CT molecular complexity index is 1740. The largest absolute Gasteiger partial charge is 0.505 e. The number of alkyl halides is 9. The van der Waals surface area contributed by atoms with Crippen molar-refractivity contribution in [1.29, 1.82) is 0 Å². The van der Waals surface area contributed by atoms with Gasteiger partial charge in [-0.25, -0.2) is 9.29 Å². The third-order valence-electron chi connectivity index (χ3n) is 9.15. The van der Waals surface area contributed by atoms with Crippen LogP contribution in [0, 0.1) is 23.6 Å². The molecule has 2 aromatic carbocycles. The monoisotopic (exact) mass is 756 g/mol. The first-order chi connectivity index (χ1) is 21.3. The van der Waals surface area contributed by atoms with Crippen LogP contribution in [0.15, 0.2) is 48.0 Å². The van der Waals surface area contributed by atoms with Crippen molar-refractivity contribution in [3.63, 3.8) is 0 Å². The van der Waals surface area contributed by atoms with Crippen LogP contribution in [0.25, 0.3) is 0 Å². The molecule has 1 N–H and O–H groups in total. The van der Waals surface area contributed by atoms with E-state index in [0.717, 1.165) is 12.1 Å². The van der Waals surface area contributed by atoms with Gasteiger partial charge in [0.15, 0.2) is 21.3 Å². The van der Waals surface area contributed by atoms with Crippen molar-refractivity contribution >= 4 is 68.4 Å². The summed E-state index contributed by atoms with van der Waals surface area (Å²) in [7, 11) is 0. The maximum absolute atomic E-state index is 14.7. The van der Waals surface area contributed by atoms with Crippen LogP contribution in [0.5, 0.6) is 5.75 Å². The van der Waals surface area contributed by atoms with Crippen molar-refractivity contribution < 1.29 is 55.0 Å². The SMILES string of the molecule is O=C1[C@H]2[C@H](CC=C3[C@H]2C[C@@]2(Cl)C(=O)N(CBr)C(=O)[C@@]2(Cl)[C@H]3c2ccc(O)c(F)c2)C(=O)N1c1cc(C(F)(F)F)cc(C(F)(F)F)c1. The van der Waals surface area contributed by atoms with Gasteiger partial charge in [-0.15, -0.1) is 23.2 Å². The number of phenols is 1. The van der Waals surface area contributed by atoms with E-state index in [0.29, 0.717) is 4.90 Å². The topological polar surface area (TPSA) is 95.0 Å². The molecular formula is C29H18BrCl2F7N2O5. The van der Waals surface area contributed by atoms with Gasteiger partial charge < -0.3 is 5.11 Å². The van der Waals surface area contributed by atoms with E-state index in [-0.39, 0.29) is 46.1 Å². The van der Waals surface area contributed by atoms with E-state index in [1.165, 1.54) is 12.1 Å². The highest BCUT2D eigenvalue weighted by molar-refractivity contribution is 9.09. The summed E-state index contributed by atoms with van der Waals surface area (Å²) in [6.07, 6.45) is -9.86. The Morgan fingerprint density at radius 2 is 1.50 bits per heavy atom. The number of likely N-dealkylation sites (tertiary alicyclic amines) is 1. The Labute approximate surface area is 273 Å². The fourth-order valence-electron chi connectivity index (χ4n) is 7.15. The fourth-order valence-corrected chi connectivity index (χ4v) is 8.58. The molecule has 6 atom stereocenters. The maximum Gasteiger partial charge on any atom is 0.416 e. The van der Waals surface area contributed by atoms with E-state index in [1.807, 2.05) is 0 Å². The maximum atomic E-state index is 14.7. The first-order valence-corrected chi connectivity index (χ1v) is 15.3. The summed E-state index contributed by atoms with van der Waals surface area (Å²) in [5.74, 6) is -11.4. The molecule has 0 aromatic heterocycles. The van der Waals surface area contributed by atoms with Crippen molar-refractivity contribution in [3.05, 3.63) is 70.6 Å². The zero-order valence-corrected chi connectivity index (χ0v) is 25.8. The van der Waals surface area contributed by atoms with Crippen LogP contribution in [0.4, 0.5) is 36.4 Å². The molecule has 2 aliphatic carbocycles. The molecule has 0 bridgehead atoms. The lowest BCUT2D eigenvalue weighted by Gasteiger charge is -2.50. The molecule has 2 aliphatic heterocycles. The fraction of sp³-hybridized carbons (Fsp3) is 0.379. The predicted molar refractivity (Wildman–Crippen MR) is 150 cm³/mol. The van der Waals surface area contributed by atoms with Crippen LogP contribution in [-0.2, 0) is 31.5 Å². The van der Waals surface area contributed by atoms with Crippen molar-refractivity contribution in [3.8, 4) is 5.75 Å². The van der Waals surface area contributed by atoms with Gasteiger partial charge in [-0.2, -0.15) is 26.3 Å². The number of rotatable bonds is 3. The molecule has 3 fully saturated rings. The number of amides is 4. The van der Waals surface area contributed by atoms with Crippen molar-refractivity contribution in [2.75, 3.05) is 10.4 Å². The van der Waals surface area contributed by atoms with Gasteiger partial charge in [-0.05, 0) is 54.7 Å². The number of fused-ring (bicyclic) bond motifs is 4. The summed E-state index contributed by atoms with van der Waals surface area (Å²) in [6, 6.07) is 3.44. The first-order valence-electron chi connectivity index (χ1n) is 13.4. The molecule has 244 valence electrons. The molecule has 2 heterocycles. The van der Waals surface area contributed by atoms with Crippen molar-refractivity contribution in [2.24, 2.45) is 17.8 Å². The summed E-state index contributed by atoms with van der Waals surface area (Å²) >= 11 is 17.0.